The number of benzene rings is 2. The highest BCUT2D eigenvalue weighted by molar-refractivity contribution is 6.31. The summed E-state index contributed by atoms with van der Waals surface area (Å²) in [6, 6.07) is 14.0. The van der Waals surface area contributed by atoms with Crippen molar-refractivity contribution < 1.29 is 13.8 Å². The zero-order chi connectivity index (χ0) is 15.5. The number of rotatable bonds is 3. The molecule has 0 aliphatic rings. The van der Waals surface area contributed by atoms with E-state index in [0.717, 1.165) is 10.8 Å². The van der Waals surface area contributed by atoms with Gasteiger partial charge in [0.15, 0.2) is 12.4 Å². The van der Waals surface area contributed by atoms with E-state index in [1.807, 2.05) is 42.7 Å². The fourth-order valence-corrected chi connectivity index (χ4v) is 2.40. The van der Waals surface area contributed by atoms with Crippen molar-refractivity contribution in [1.29, 1.82) is 0 Å². The number of fused-ring (bicyclic) bond motifs is 1. The van der Waals surface area contributed by atoms with Crippen molar-refractivity contribution in [3.63, 3.8) is 0 Å². The molecule has 0 unspecified atom stereocenters. The highest BCUT2D eigenvalue weighted by Crippen LogP contribution is 2.19. The summed E-state index contributed by atoms with van der Waals surface area (Å²) in [6.07, 6.45) is 3.76. The lowest BCUT2D eigenvalue weighted by Gasteiger charge is -2.04. The Bertz CT molecular complexity index is 851. The van der Waals surface area contributed by atoms with E-state index in [9.17, 15) is 9.18 Å². The Hall–Kier alpha value is -2.46. The van der Waals surface area contributed by atoms with Crippen molar-refractivity contribution in [2.75, 3.05) is 5.32 Å². The first-order valence-corrected chi connectivity index (χ1v) is 7.12. The summed E-state index contributed by atoms with van der Waals surface area (Å²) in [5.74, 6) is -0.716. The van der Waals surface area contributed by atoms with E-state index in [-0.39, 0.29) is 17.5 Å². The maximum absolute atomic E-state index is 13.1. The van der Waals surface area contributed by atoms with E-state index < -0.39 is 5.82 Å². The minimum absolute atomic E-state index is 0.0174. The summed E-state index contributed by atoms with van der Waals surface area (Å²) in [7, 11) is 0. The fourth-order valence-electron chi connectivity index (χ4n) is 2.22. The number of nitrogens with one attached hydrogen (secondary N) is 1. The molecule has 0 saturated heterocycles. The van der Waals surface area contributed by atoms with E-state index in [1.54, 1.807) is 4.57 Å². The molecule has 0 aliphatic carbocycles. The maximum Gasteiger partial charge on any atom is 0.290 e. The smallest absolute Gasteiger partial charge is 0.290 e. The number of carbonyl (C=O) groups excluding carboxylic acids is 1. The molecule has 22 heavy (non-hydrogen) atoms. The molecule has 0 fully saturated rings. The van der Waals surface area contributed by atoms with Gasteiger partial charge < -0.3 is 5.32 Å². The molecule has 0 radical (unpaired) electrons. The zero-order valence-corrected chi connectivity index (χ0v) is 12.3. The van der Waals surface area contributed by atoms with Crippen LogP contribution < -0.4 is 9.88 Å². The Balaban J connectivity index is 1.73. The standard InChI is InChI=1S/C17H12ClFN2O/c18-15-9-14(5-6-16(15)19)20-17(22)11-21-8-7-12-3-1-2-4-13(12)10-21/h1-10H,11H2/p+1. The topological polar surface area (TPSA) is 33.0 Å². The van der Waals surface area contributed by atoms with Gasteiger partial charge in [0.2, 0.25) is 6.54 Å². The van der Waals surface area contributed by atoms with Crippen molar-refractivity contribution in [2.45, 2.75) is 6.54 Å². The number of hydrogen-bond donors (Lipinski definition) is 1. The molecule has 0 aliphatic heterocycles. The molecule has 0 spiro atoms. The van der Waals surface area contributed by atoms with Crippen molar-refractivity contribution in [3.8, 4) is 0 Å². The van der Waals surface area contributed by atoms with E-state index >= 15 is 0 Å². The molecule has 1 heterocycles. The van der Waals surface area contributed by atoms with Crippen molar-refractivity contribution in [3.05, 3.63) is 71.8 Å². The maximum atomic E-state index is 13.1. The monoisotopic (exact) mass is 315 g/mol. The second-order valence-electron chi connectivity index (χ2n) is 4.92. The molecule has 1 aromatic heterocycles. The lowest BCUT2D eigenvalue weighted by Crippen LogP contribution is -2.39. The Morgan fingerprint density at radius 2 is 1.91 bits per heavy atom. The molecule has 2 aromatic carbocycles. The third-order valence-corrected chi connectivity index (χ3v) is 3.57. The van der Waals surface area contributed by atoms with Crippen LogP contribution in [0.15, 0.2) is 60.9 Å². The predicted molar refractivity (Wildman–Crippen MR) is 84.2 cm³/mol. The third kappa shape index (κ3) is 3.23. The van der Waals surface area contributed by atoms with Crippen molar-refractivity contribution in [1.82, 2.24) is 0 Å². The largest absolute Gasteiger partial charge is 0.321 e. The SMILES string of the molecule is O=C(C[n+]1ccc2ccccc2c1)Nc1ccc(F)c(Cl)c1. The predicted octanol–water partition coefficient (Wildman–Crippen LogP) is 3.56. The van der Waals surface area contributed by atoms with Crippen LogP contribution in [0, 0.1) is 5.82 Å². The van der Waals surface area contributed by atoms with Crippen LogP contribution in [0.5, 0.6) is 0 Å². The van der Waals surface area contributed by atoms with Crippen molar-refractivity contribution >= 4 is 34.0 Å². The van der Waals surface area contributed by atoms with Crippen LogP contribution in [0.4, 0.5) is 10.1 Å². The minimum atomic E-state index is -0.511. The molecular formula is C17H13ClFN2O+. The van der Waals surface area contributed by atoms with Crippen LogP contribution in [0.2, 0.25) is 5.02 Å². The second kappa shape index (κ2) is 6.12. The highest BCUT2D eigenvalue weighted by Gasteiger charge is 2.11. The summed E-state index contributed by atoms with van der Waals surface area (Å²) in [5, 5.41) is 4.85. The molecule has 3 aromatic rings. The number of anilines is 1. The van der Waals surface area contributed by atoms with Gasteiger partial charge in [-0.05, 0) is 29.7 Å². The van der Waals surface area contributed by atoms with Gasteiger partial charge in [0.1, 0.15) is 5.82 Å². The van der Waals surface area contributed by atoms with Gasteiger partial charge >= 0.3 is 0 Å². The number of aromatic nitrogens is 1. The van der Waals surface area contributed by atoms with E-state index in [1.165, 1.54) is 18.2 Å². The molecule has 5 heteroatoms. The van der Waals surface area contributed by atoms with Gasteiger partial charge in [-0.2, -0.15) is 4.57 Å². The summed E-state index contributed by atoms with van der Waals surface area (Å²) in [6.45, 7) is 0.166. The quantitative estimate of drug-likeness (QED) is 0.737. The Morgan fingerprint density at radius 1 is 1.14 bits per heavy atom. The molecule has 0 saturated carbocycles. The van der Waals surface area contributed by atoms with Crippen LogP contribution in [0.3, 0.4) is 0 Å². The number of amides is 1. The van der Waals surface area contributed by atoms with Gasteiger partial charge in [0.25, 0.3) is 5.91 Å². The Kier molecular flexibility index (Phi) is 4.02. The first-order valence-electron chi connectivity index (χ1n) is 6.74. The first-order chi connectivity index (χ1) is 10.6. The van der Waals surface area contributed by atoms with E-state index in [4.69, 9.17) is 11.6 Å². The number of pyridine rings is 1. The molecular weight excluding hydrogens is 303 g/mol. The molecule has 0 atom stereocenters. The normalized spacial score (nSPS) is 10.6. The molecule has 3 rings (SSSR count). The minimum Gasteiger partial charge on any atom is -0.321 e. The number of nitrogens with zero attached hydrogens (tertiary/aromatic N) is 1. The molecule has 3 nitrogen and oxygen atoms in total. The van der Waals surface area contributed by atoms with Crippen LogP contribution in [-0.4, -0.2) is 5.91 Å². The fraction of sp³-hybridized carbons (Fsp3) is 0.0588. The van der Waals surface area contributed by atoms with Gasteiger partial charge in [-0.15, -0.1) is 0 Å². The summed E-state index contributed by atoms with van der Waals surface area (Å²) in [5.41, 5.74) is 0.470. The van der Waals surface area contributed by atoms with Gasteiger partial charge in [0.05, 0.1) is 5.02 Å². The lowest BCUT2D eigenvalue weighted by atomic mass is 10.2. The molecule has 0 bridgehead atoms. The van der Waals surface area contributed by atoms with E-state index in [2.05, 4.69) is 5.32 Å². The molecule has 1 N–H and O–H groups in total. The lowest BCUT2D eigenvalue weighted by molar-refractivity contribution is -0.682. The Labute approximate surface area is 132 Å². The zero-order valence-electron chi connectivity index (χ0n) is 11.6. The van der Waals surface area contributed by atoms with Gasteiger partial charge in [-0.25, -0.2) is 4.39 Å². The van der Waals surface area contributed by atoms with Crippen LogP contribution in [0.1, 0.15) is 0 Å². The summed E-state index contributed by atoms with van der Waals surface area (Å²) < 4.78 is 14.9. The van der Waals surface area contributed by atoms with Gasteiger partial charge in [0, 0.05) is 17.1 Å². The number of hydrogen-bond acceptors (Lipinski definition) is 1. The first kappa shape index (κ1) is 14.5. The summed E-state index contributed by atoms with van der Waals surface area (Å²) >= 11 is 5.69. The van der Waals surface area contributed by atoms with Crippen molar-refractivity contribution in [2.24, 2.45) is 0 Å². The Morgan fingerprint density at radius 3 is 2.68 bits per heavy atom. The van der Waals surface area contributed by atoms with Crippen LogP contribution in [-0.2, 0) is 11.3 Å². The average molecular weight is 316 g/mol. The average Bonchev–Trinajstić information content (AvgIpc) is 2.51. The third-order valence-electron chi connectivity index (χ3n) is 3.28. The number of halogens is 2. The van der Waals surface area contributed by atoms with Gasteiger partial charge in [-0.1, -0.05) is 29.8 Å². The van der Waals surface area contributed by atoms with Crippen LogP contribution >= 0.6 is 11.6 Å². The second-order valence-corrected chi connectivity index (χ2v) is 5.33. The highest BCUT2D eigenvalue weighted by atomic mass is 35.5. The van der Waals surface area contributed by atoms with Crippen LogP contribution in [0.25, 0.3) is 10.8 Å². The van der Waals surface area contributed by atoms with Gasteiger partial charge in [-0.3, -0.25) is 4.79 Å². The van der Waals surface area contributed by atoms with E-state index in [0.29, 0.717) is 5.69 Å². The molecule has 110 valence electrons. The molecule has 1 amide bonds. The summed E-state index contributed by atoms with van der Waals surface area (Å²) in [4.78, 5) is 12.0. The number of carbonyl (C=O) groups is 1.